The Balaban J connectivity index is 2.50. The lowest BCUT2D eigenvalue weighted by molar-refractivity contribution is -0.142. The van der Waals surface area contributed by atoms with Crippen LogP contribution in [0.5, 0.6) is 0 Å². The molecule has 0 spiro atoms. The molecule has 4 nitrogen and oxygen atoms in total. The van der Waals surface area contributed by atoms with Gasteiger partial charge in [0.2, 0.25) is 0 Å². The van der Waals surface area contributed by atoms with Gasteiger partial charge in [0.1, 0.15) is 0 Å². The van der Waals surface area contributed by atoms with Crippen LogP contribution in [0.15, 0.2) is 24.5 Å². The van der Waals surface area contributed by atoms with Crippen molar-refractivity contribution >= 4 is 5.97 Å². The van der Waals surface area contributed by atoms with Gasteiger partial charge in [-0.3, -0.25) is 14.7 Å². The Labute approximate surface area is 89.9 Å². The number of aromatic nitrogens is 1. The topological polar surface area (TPSA) is 42.4 Å². The minimum Gasteiger partial charge on any atom is -0.468 e. The third kappa shape index (κ3) is 4.08. The molecular weight excluding hydrogens is 192 g/mol. The smallest absolute Gasteiger partial charge is 0.319 e. The van der Waals surface area contributed by atoms with E-state index < -0.39 is 0 Å². The number of hydrogen-bond donors (Lipinski definition) is 0. The number of likely N-dealkylation sites (N-methyl/N-ethyl adjacent to an activating group) is 1. The molecule has 0 aliphatic heterocycles. The molecule has 0 radical (unpaired) electrons. The molecule has 4 heteroatoms. The molecule has 0 N–H and O–H groups in total. The SMILES string of the molecule is CCN(CC(=O)OC)Cc1cccnc1. The molecule has 0 atom stereocenters. The van der Waals surface area contributed by atoms with Crippen molar-refractivity contribution in [2.24, 2.45) is 0 Å². The maximum absolute atomic E-state index is 11.1. The number of nitrogens with zero attached hydrogens (tertiary/aromatic N) is 2. The van der Waals surface area contributed by atoms with Crippen LogP contribution in [-0.4, -0.2) is 36.1 Å². The molecule has 1 heterocycles. The summed E-state index contributed by atoms with van der Waals surface area (Å²) in [6.45, 7) is 3.87. The fourth-order valence-corrected chi connectivity index (χ4v) is 1.28. The molecule has 82 valence electrons. The van der Waals surface area contributed by atoms with Gasteiger partial charge in [0.15, 0.2) is 0 Å². The lowest BCUT2D eigenvalue weighted by Gasteiger charge is -2.18. The van der Waals surface area contributed by atoms with E-state index in [0.29, 0.717) is 6.54 Å². The Morgan fingerprint density at radius 3 is 2.93 bits per heavy atom. The summed E-state index contributed by atoms with van der Waals surface area (Å²) in [4.78, 5) is 17.1. The highest BCUT2D eigenvalue weighted by Crippen LogP contribution is 2.02. The van der Waals surface area contributed by atoms with E-state index in [-0.39, 0.29) is 5.97 Å². The van der Waals surface area contributed by atoms with Gasteiger partial charge in [0, 0.05) is 18.9 Å². The number of hydrogen-bond acceptors (Lipinski definition) is 4. The zero-order chi connectivity index (χ0) is 11.1. The highest BCUT2D eigenvalue weighted by Gasteiger charge is 2.09. The standard InChI is InChI=1S/C11H16N2O2/c1-3-13(9-11(14)15-2)8-10-5-4-6-12-7-10/h4-7H,3,8-9H2,1-2H3. The zero-order valence-electron chi connectivity index (χ0n) is 9.14. The maximum Gasteiger partial charge on any atom is 0.319 e. The van der Waals surface area contributed by atoms with Crippen molar-refractivity contribution < 1.29 is 9.53 Å². The minimum absolute atomic E-state index is 0.208. The van der Waals surface area contributed by atoms with E-state index in [0.717, 1.165) is 18.7 Å². The Bertz CT molecular complexity index is 301. The van der Waals surface area contributed by atoms with Gasteiger partial charge in [0.25, 0.3) is 0 Å². The van der Waals surface area contributed by atoms with Crippen LogP contribution in [-0.2, 0) is 16.1 Å². The quantitative estimate of drug-likeness (QED) is 0.679. The third-order valence-electron chi connectivity index (χ3n) is 2.16. The van der Waals surface area contributed by atoms with Crippen LogP contribution in [0.2, 0.25) is 0 Å². The number of carbonyl (C=O) groups excluding carboxylic acids is 1. The van der Waals surface area contributed by atoms with Gasteiger partial charge in [-0.2, -0.15) is 0 Å². The summed E-state index contributed by atoms with van der Waals surface area (Å²) in [6.07, 6.45) is 3.54. The molecule has 1 rings (SSSR count). The molecule has 0 aliphatic carbocycles. The molecule has 0 unspecified atom stereocenters. The van der Waals surface area contributed by atoms with Gasteiger partial charge in [0.05, 0.1) is 13.7 Å². The lowest BCUT2D eigenvalue weighted by atomic mass is 10.2. The van der Waals surface area contributed by atoms with Crippen molar-refractivity contribution in [3.63, 3.8) is 0 Å². The second kappa shape index (κ2) is 6.14. The molecular formula is C11H16N2O2. The van der Waals surface area contributed by atoms with E-state index in [4.69, 9.17) is 0 Å². The third-order valence-corrected chi connectivity index (χ3v) is 2.16. The molecule has 15 heavy (non-hydrogen) atoms. The predicted octanol–water partition coefficient (Wildman–Crippen LogP) is 1.08. The van der Waals surface area contributed by atoms with Gasteiger partial charge < -0.3 is 4.74 Å². The molecule has 0 saturated heterocycles. The molecule has 1 aromatic rings. The van der Waals surface area contributed by atoms with Crippen molar-refractivity contribution in [3.05, 3.63) is 30.1 Å². The number of rotatable bonds is 5. The zero-order valence-corrected chi connectivity index (χ0v) is 9.14. The Kier molecular flexibility index (Phi) is 4.77. The van der Waals surface area contributed by atoms with Gasteiger partial charge in [-0.05, 0) is 18.2 Å². The monoisotopic (exact) mass is 208 g/mol. The second-order valence-electron chi connectivity index (χ2n) is 3.24. The summed E-state index contributed by atoms with van der Waals surface area (Å²) in [7, 11) is 1.40. The first-order valence-corrected chi connectivity index (χ1v) is 4.94. The van der Waals surface area contributed by atoms with Crippen molar-refractivity contribution in [3.8, 4) is 0 Å². The Hall–Kier alpha value is -1.42. The molecule has 0 bridgehead atoms. The normalized spacial score (nSPS) is 10.3. The summed E-state index contributed by atoms with van der Waals surface area (Å²) < 4.78 is 4.62. The molecule has 1 aromatic heterocycles. The van der Waals surface area contributed by atoms with Crippen LogP contribution in [0.4, 0.5) is 0 Å². The number of methoxy groups -OCH3 is 1. The van der Waals surface area contributed by atoms with Crippen LogP contribution in [0.3, 0.4) is 0 Å². The van der Waals surface area contributed by atoms with Gasteiger partial charge >= 0.3 is 5.97 Å². The fraction of sp³-hybridized carbons (Fsp3) is 0.455. The van der Waals surface area contributed by atoms with Crippen molar-refractivity contribution in [1.29, 1.82) is 0 Å². The molecule has 0 aliphatic rings. The van der Waals surface area contributed by atoms with Crippen LogP contribution >= 0.6 is 0 Å². The summed E-state index contributed by atoms with van der Waals surface area (Å²) >= 11 is 0. The highest BCUT2D eigenvalue weighted by molar-refractivity contribution is 5.71. The summed E-state index contributed by atoms with van der Waals surface area (Å²) in [6, 6.07) is 3.88. The number of carbonyl (C=O) groups is 1. The number of pyridine rings is 1. The molecule has 0 aromatic carbocycles. The maximum atomic E-state index is 11.1. The Morgan fingerprint density at radius 2 is 2.40 bits per heavy atom. The summed E-state index contributed by atoms with van der Waals surface area (Å²) in [5.41, 5.74) is 1.10. The van der Waals surface area contributed by atoms with E-state index in [1.807, 2.05) is 24.0 Å². The lowest BCUT2D eigenvalue weighted by Crippen LogP contribution is -2.29. The van der Waals surface area contributed by atoms with E-state index >= 15 is 0 Å². The summed E-state index contributed by atoms with van der Waals surface area (Å²) in [5.74, 6) is -0.208. The first-order chi connectivity index (χ1) is 7.26. The van der Waals surface area contributed by atoms with Crippen LogP contribution in [0.1, 0.15) is 12.5 Å². The predicted molar refractivity (Wildman–Crippen MR) is 57.2 cm³/mol. The summed E-state index contributed by atoms with van der Waals surface area (Å²) in [5, 5.41) is 0. The highest BCUT2D eigenvalue weighted by atomic mass is 16.5. The Morgan fingerprint density at radius 1 is 1.60 bits per heavy atom. The second-order valence-corrected chi connectivity index (χ2v) is 3.24. The van der Waals surface area contributed by atoms with E-state index in [2.05, 4.69) is 9.72 Å². The van der Waals surface area contributed by atoms with E-state index in [1.54, 1.807) is 12.4 Å². The fourth-order valence-electron chi connectivity index (χ4n) is 1.28. The largest absolute Gasteiger partial charge is 0.468 e. The molecule has 0 saturated carbocycles. The van der Waals surface area contributed by atoms with Gasteiger partial charge in [-0.1, -0.05) is 13.0 Å². The van der Waals surface area contributed by atoms with Crippen molar-refractivity contribution in [1.82, 2.24) is 9.88 Å². The van der Waals surface area contributed by atoms with Crippen molar-refractivity contribution in [2.45, 2.75) is 13.5 Å². The van der Waals surface area contributed by atoms with Crippen LogP contribution < -0.4 is 0 Å². The first-order valence-electron chi connectivity index (χ1n) is 4.94. The van der Waals surface area contributed by atoms with Crippen molar-refractivity contribution in [2.75, 3.05) is 20.2 Å². The number of ether oxygens (including phenoxy) is 1. The van der Waals surface area contributed by atoms with E-state index in [9.17, 15) is 4.79 Å². The molecule has 0 fully saturated rings. The number of esters is 1. The first kappa shape index (κ1) is 11.7. The molecule has 0 amide bonds. The van der Waals surface area contributed by atoms with Crippen LogP contribution in [0.25, 0.3) is 0 Å². The average molecular weight is 208 g/mol. The van der Waals surface area contributed by atoms with Gasteiger partial charge in [-0.25, -0.2) is 0 Å². The van der Waals surface area contributed by atoms with Crippen LogP contribution in [0, 0.1) is 0 Å². The van der Waals surface area contributed by atoms with E-state index in [1.165, 1.54) is 7.11 Å². The minimum atomic E-state index is -0.208. The van der Waals surface area contributed by atoms with Gasteiger partial charge in [-0.15, -0.1) is 0 Å². The average Bonchev–Trinajstić information content (AvgIpc) is 2.29.